The second-order valence-electron chi connectivity index (χ2n) is 7.80. The van der Waals surface area contributed by atoms with E-state index in [1.54, 1.807) is 12.4 Å². The van der Waals surface area contributed by atoms with Gasteiger partial charge in [-0.15, -0.1) is 10.2 Å². The van der Waals surface area contributed by atoms with Crippen LogP contribution in [-0.4, -0.2) is 38.2 Å². The zero-order valence-electron chi connectivity index (χ0n) is 18.5. The summed E-state index contributed by atoms with van der Waals surface area (Å²) in [6, 6.07) is 19.4. The van der Waals surface area contributed by atoms with Crippen molar-refractivity contribution < 1.29 is 14.3 Å². The third-order valence-corrected chi connectivity index (χ3v) is 6.41. The molecule has 9 heteroatoms. The van der Waals surface area contributed by atoms with Crippen molar-refractivity contribution in [1.29, 1.82) is 0 Å². The minimum atomic E-state index is -0.169. The summed E-state index contributed by atoms with van der Waals surface area (Å²) in [5.74, 6) is 2.29. The lowest BCUT2D eigenvalue weighted by molar-refractivity contribution is -0.119. The van der Waals surface area contributed by atoms with Gasteiger partial charge in [-0.25, -0.2) is 0 Å². The number of thioether (sulfide) groups is 1. The maximum Gasteiger partial charge on any atom is 0.231 e. The van der Waals surface area contributed by atoms with Crippen molar-refractivity contribution in [1.82, 2.24) is 25.1 Å². The molecule has 3 heterocycles. The van der Waals surface area contributed by atoms with Crippen molar-refractivity contribution in [2.75, 3.05) is 12.5 Å². The van der Waals surface area contributed by atoms with Gasteiger partial charge in [0, 0.05) is 18.0 Å². The predicted molar refractivity (Wildman–Crippen MR) is 129 cm³/mol. The molecule has 5 rings (SSSR count). The van der Waals surface area contributed by atoms with Gasteiger partial charge in [0.05, 0.1) is 18.3 Å². The van der Waals surface area contributed by atoms with Crippen LogP contribution in [0.25, 0.3) is 11.4 Å². The normalized spacial score (nSPS) is 13.0. The highest BCUT2D eigenvalue weighted by atomic mass is 32.2. The molecule has 34 heavy (non-hydrogen) atoms. The van der Waals surface area contributed by atoms with Gasteiger partial charge in [-0.2, -0.15) is 0 Å². The molecule has 0 aliphatic carbocycles. The number of nitrogens with zero attached hydrogens (tertiary/aromatic N) is 4. The van der Waals surface area contributed by atoms with Crippen molar-refractivity contribution in [3.63, 3.8) is 0 Å². The monoisotopic (exact) mass is 473 g/mol. The van der Waals surface area contributed by atoms with Gasteiger partial charge in [0.1, 0.15) is 0 Å². The Kier molecular flexibility index (Phi) is 6.44. The summed E-state index contributed by atoms with van der Waals surface area (Å²) >= 11 is 1.36. The summed E-state index contributed by atoms with van der Waals surface area (Å²) in [6.45, 7) is 2.77. The number of carbonyl (C=O) groups is 1. The van der Waals surface area contributed by atoms with Crippen LogP contribution in [0, 0.1) is 0 Å². The van der Waals surface area contributed by atoms with Crippen molar-refractivity contribution in [2.45, 2.75) is 24.7 Å². The van der Waals surface area contributed by atoms with Gasteiger partial charge < -0.3 is 14.8 Å². The van der Waals surface area contributed by atoms with Crippen LogP contribution < -0.4 is 14.8 Å². The number of carbonyl (C=O) groups excluding carboxylic acids is 1. The molecule has 172 valence electrons. The number of aromatic nitrogens is 4. The fourth-order valence-electron chi connectivity index (χ4n) is 3.70. The number of hydrogen-bond donors (Lipinski definition) is 1. The highest BCUT2D eigenvalue weighted by Gasteiger charge is 2.19. The van der Waals surface area contributed by atoms with E-state index >= 15 is 0 Å². The molecule has 2 aromatic heterocycles. The lowest BCUT2D eigenvalue weighted by atomic mass is 10.1. The van der Waals surface area contributed by atoms with Crippen LogP contribution in [0.5, 0.6) is 11.5 Å². The van der Waals surface area contributed by atoms with Gasteiger partial charge >= 0.3 is 0 Å². The fourth-order valence-corrected chi connectivity index (χ4v) is 4.45. The smallest absolute Gasteiger partial charge is 0.231 e. The van der Waals surface area contributed by atoms with Crippen molar-refractivity contribution in [2.24, 2.45) is 0 Å². The highest BCUT2D eigenvalue weighted by Crippen LogP contribution is 2.34. The molecule has 0 spiro atoms. The Morgan fingerprint density at radius 2 is 1.85 bits per heavy atom. The quantitative estimate of drug-likeness (QED) is 0.386. The molecule has 1 aliphatic heterocycles. The predicted octanol–water partition coefficient (Wildman–Crippen LogP) is 4.09. The van der Waals surface area contributed by atoms with E-state index in [4.69, 9.17) is 9.47 Å². The number of pyridine rings is 1. The molecule has 8 nitrogen and oxygen atoms in total. The van der Waals surface area contributed by atoms with E-state index in [0.29, 0.717) is 17.5 Å². The molecular weight excluding hydrogens is 450 g/mol. The first-order chi connectivity index (χ1) is 16.7. The Bertz CT molecular complexity index is 1280. The summed E-state index contributed by atoms with van der Waals surface area (Å²) in [6.07, 6.45) is 3.46. The van der Waals surface area contributed by atoms with E-state index in [-0.39, 0.29) is 24.5 Å². The Hall–Kier alpha value is -3.85. The Morgan fingerprint density at radius 1 is 1.06 bits per heavy atom. The first kappa shape index (κ1) is 22.0. The molecule has 1 unspecified atom stereocenters. The average Bonchev–Trinajstić information content (AvgIpc) is 3.50. The minimum absolute atomic E-state index is 0.0881. The van der Waals surface area contributed by atoms with Crippen molar-refractivity contribution in [3.05, 3.63) is 84.2 Å². The van der Waals surface area contributed by atoms with Crippen LogP contribution in [0.3, 0.4) is 0 Å². The van der Waals surface area contributed by atoms with E-state index in [0.717, 1.165) is 28.3 Å². The van der Waals surface area contributed by atoms with Crippen LogP contribution >= 0.6 is 11.8 Å². The molecule has 1 atom stereocenters. The summed E-state index contributed by atoms with van der Waals surface area (Å²) in [7, 11) is 0. The standard InChI is InChI=1S/C25H23N5O3S/c1-17(20-7-8-21-22(13-20)33-16-32-21)27-23(31)15-34-25-29-28-24(19-9-11-26-12-10-19)30(25)14-18-5-3-2-4-6-18/h2-13,17H,14-16H2,1H3,(H,27,31). The summed E-state index contributed by atoms with van der Waals surface area (Å²) < 4.78 is 12.8. The third kappa shape index (κ3) is 4.89. The summed E-state index contributed by atoms with van der Waals surface area (Å²) in [5, 5.41) is 12.5. The molecule has 0 radical (unpaired) electrons. The number of rotatable bonds is 8. The van der Waals surface area contributed by atoms with Gasteiger partial charge in [-0.05, 0) is 42.3 Å². The molecular formula is C25H23N5O3S. The average molecular weight is 474 g/mol. The maximum absolute atomic E-state index is 12.7. The molecule has 0 fully saturated rings. The van der Waals surface area contributed by atoms with Gasteiger partial charge in [0.15, 0.2) is 22.5 Å². The highest BCUT2D eigenvalue weighted by molar-refractivity contribution is 7.99. The van der Waals surface area contributed by atoms with Crippen LogP contribution in [0.2, 0.25) is 0 Å². The molecule has 0 bridgehead atoms. The molecule has 1 N–H and O–H groups in total. The van der Waals surface area contributed by atoms with Crippen LogP contribution in [-0.2, 0) is 11.3 Å². The first-order valence-corrected chi connectivity index (χ1v) is 11.8. The fraction of sp³-hybridized carbons (Fsp3) is 0.200. The zero-order valence-corrected chi connectivity index (χ0v) is 19.4. The molecule has 4 aromatic rings. The van der Waals surface area contributed by atoms with Crippen LogP contribution in [0.4, 0.5) is 0 Å². The zero-order chi connectivity index (χ0) is 23.3. The van der Waals surface area contributed by atoms with Gasteiger partial charge in [0.25, 0.3) is 0 Å². The Balaban J connectivity index is 1.29. The maximum atomic E-state index is 12.7. The van der Waals surface area contributed by atoms with Crippen molar-refractivity contribution in [3.8, 4) is 22.9 Å². The molecule has 0 saturated carbocycles. The van der Waals surface area contributed by atoms with Crippen LogP contribution in [0.15, 0.2) is 78.2 Å². The van der Waals surface area contributed by atoms with E-state index in [2.05, 4.69) is 32.6 Å². The van der Waals surface area contributed by atoms with Crippen molar-refractivity contribution >= 4 is 17.7 Å². The van der Waals surface area contributed by atoms with Gasteiger partial charge in [-0.1, -0.05) is 48.2 Å². The summed E-state index contributed by atoms with van der Waals surface area (Å²) in [5.41, 5.74) is 3.00. The Labute approximate surface area is 201 Å². The number of amides is 1. The lowest BCUT2D eigenvalue weighted by Crippen LogP contribution is -2.28. The number of benzene rings is 2. The van der Waals surface area contributed by atoms with E-state index in [9.17, 15) is 4.79 Å². The topological polar surface area (TPSA) is 91.2 Å². The van der Waals surface area contributed by atoms with E-state index < -0.39 is 0 Å². The number of hydrogen-bond acceptors (Lipinski definition) is 7. The number of fused-ring (bicyclic) bond motifs is 1. The van der Waals surface area contributed by atoms with Gasteiger partial charge in [-0.3, -0.25) is 14.3 Å². The second-order valence-corrected chi connectivity index (χ2v) is 8.75. The van der Waals surface area contributed by atoms with Crippen LogP contribution in [0.1, 0.15) is 24.1 Å². The molecule has 1 aliphatic rings. The second kappa shape index (κ2) is 9.96. The SMILES string of the molecule is CC(NC(=O)CSc1nnc(-c2ccncc2)n1Cc1ccccc1)c1ccc2c(c1)OCO2. The summed E-state index contributed by atoms with van der Waals surface area (Å²) in [4.78, 5) is 16.8. The number of ether oxygens (including phenoxy) is 2. The molecule has 1 amide bonds. The van der Waals surface area contributed by atoms with E-state index in [1.807, 2.05) is 60.0 Å². The molecule has 2 aromatic carbocycles. The minimum Gasteiger partial charge on any atom is -0.454 e. The molecule has 0 saturated heterocycles. The number of nitrogens with one attached hydrogen (secondary N) is 1. The largest absolute Gasteiger partial charge is 0.454 e. The third-order valence-electron chi connectivity index (χ3n) is 5.45. The Morgan fingerprint density at radius 3 is 2.68 bits per heavy atom. The first-order valence-electron chi connectivity index (χ1n) is 10.9. The van der Waals surface area contributed by atoms with E-state index in [1.165, 1.54) is 11.8 Å². The van der Waals surface area contributed by atoms with Gasteiger partial charge in [0.2, 0.25) is 12.7 Å². The lowest BCUT2D eigenvalue weighted by Gasteiger charge is -2.15.